The van der Waals surface area contributed by atoms with E-state index in [1.807, 2.05) is 24.3 Å². The maximum atomic E-state index is 12.0. The number of aliphatic hydroxyl groups is 1. The summed E-state index contributed by atoms with van der Waals surface area (Å²) in [5.41, 5.74) is 2.61. The molecule has 0 bridgehead atoms. The van der Waals surface area contributed by atoms with E-state index in [1.54, 1.807) is 37.3 Å². The summed E-state index contributed by atoms with van der Waals surface area (Å²) in [4.78, 5) is 7.12. The third kappa shape index (κ3) is 3.91. The number of hydrogen-bond donors (Lipinski definition) is 1. The van der Waals surface area contributed by atoms with Crippen molar-refractivity contribution in [1.29, 1.82) is 0 Å². The van der Waals surface area contributed by atoms with Crippen molar-refractivity contribution in [1.82, 2.24) is 20.0 Å². The van der Waals surface area contributed by atoms with Gasteiger partial charge >= 0.3 is 5.13 Å². The van der Waals surface area contributed by atoms with Gasteiger partial charge in [0, 0.05) is 10.7 Å². The summed E-state index contributed by atoms with van der Waals surface area (Å²) in [6, 6.07) is 19.2. The highest BCUT2D eigenvalue weighted by atomic mass is 32.2. The number of para-hydroxylation sites is 2. The lowest BCUT2D eigenvalue weighted by Gasteiger charge is -2.10. The van der Waals surface area contributed by atoms with Crippen LogP contribution in [0.25, 0.3) is 32.4 Å². The fourth-order valence-electron chi connectivity index (χ4n) is 3.48. The summed E-state index contributed by atoms with van der Waals surface area (Å²) in [5.74, 6) is 0.0384. The largest absolute Gasteiger partial charge is 0.744 e. The lowest BCUT2D eigenvalue weighted by molar-refractivity contribution is -0.734. The molecule has 0 saturated heterocycles. The van der Waals surface area contributed by atoms with Gasteiger partial charge in [0.1, 0.15) is 15.8 Å². The van der Waals surface area contributed by atoms with Crippen LogP contribution >= 0.6 is 11.3 Å². The number of aromatic nitrogens is 5. The number of aryl methyl sites for hydroxylation is 1. The van der Waals surface area contributed by atoms with Crippen LogP contribution < -0.4 is 4.80 Å². The van der Waals surface area contributed by atoms with Crippen LogP contribution in [0.2, 0.25) is 0 Å². The first-order valence-electron chi connectivity index (χ1n) is 9.87. The molecule has 2 aromatic heterocycles. The van der Waals surface area contributed by atoms with E-state index >= 15 is 0 Å². The van der Waals surface area contributed by atoms with E-state index in [-0.39, 0.29) is 18.0 Å². The van der Waals surface area contributed by atoms with Gasteiger partial charge in [0.05, 0.1) is 21.8 Å². The van der Waals surface area contributed by atoms with Crippen LogP contribution in [-0.2, 0) is 16.7 Å². The van der Waals surface area contributed by atoms with Gasteiger partial charge < -0.3 is 9.66 Å². The first kappa shape index (κ1) is 21.3. The zero-order valence-electron chi connectivity index (χ0n) is 17.3. The molecule has 0 radical (unpaired) electrons. The molecule has 5 rings (SSSR count). The van der Waals surface area contributed by atoms with E-state index in [0.717, 1.165) is 10.2 Å². The maximum absolute atomic E-state index is 12.0. The topological polar surface area (TPSA) is 125 Å². The SMILES string of the molecule is Cc1ccc(-c2nn(-c3ccccc3CO)[n+](-c3nc4ccccc4s3)n2)c(S(=O)(=O)[O-])c1. The normalized spacial score (nSPS) is 11.8. The van der Waals surface area contributed by atoms with Crippen LogP contribution in [-0.4, -0.2) is 38.1 Å². The predicted molar refractivity (Wildman–Crippen MR) is 120 cm³/mol. The zero-order valence-corrected chi connectivity index (χ0v) is 18.9. The number of hydrogen-bond acceptors (Lipinski definition) is 8. The Morgan fingerprint density at radius 3 is 2.61 bits per heavy atom. The molecule has 11 heteroatoms. The van der Waals surface area contributed by atoms with Crippen molar-refractivity contribution in [2.24, 2.45) is 0 Å². The standard InChI is InChI=1S/C22H17N5O4S2/c1-14-10-11-16(20(12-14)33(29,30)31)21-24-26(18-8-4-2-6-15(18)13-28)27(25-21)22-23-17-7-3-5-9-19(17)32-22/h2-12,28H,13H2,1H3. The summed E-state index contributed by atoms with van der Waals surface area (Å²) in [7, 11) is -4.77. The second-order valence-corrected chi connectivity index (χ2v) is 9.66. The molecule has 0 aliphatic carbocycles. The molecular formula is C22H17N5O4S2. The number of aliphatic hydroxyl groups excluding tert-OH is 1. The smallest absolute Gasteiger partial charge is 0.365 e. The molecular weight excluding hydrogens is 462 g/mol. The lowest BCUT2D eigenvalue weighted by Crippen LogP contribution is -2.43. The minimum Gasteiger partial charge on any atom is -0.744 e. The van der Waals surface area contributed by atoms with Gasteiger partial charge in [0.2, 0.25) is 0 Å². The van der Waals surface area contributed by atoms with Gasteiger partial charge in [-0.05, 0) is 57.5 Å². The van der Waals surface area contributed by atoms with Crippen molar-refractivity contribution in [2.45, 2.75) is 18.4 Å². The fourth-order valence-corrected chi connectivity index (χ4v) is 5.14. The van der Waals surface area contributed by atoms with Crippen LogP contribution in [0.5, 0.6) is 0 Å². The summed E-state index contributed by atoms with van der Waals surface area (Å²) in [6.07, 6.45) is 0. The van der Waals surface area contributed by atoms with E-state index < -0.39 is 15.0 Å². The fraction of sp³-hybridized carbons (Fsp3) is 0.0909. The second-order valence-electron chi connectivity index (χ2n) is 7.31. The van der Waals surface area contributed by atoms with Gasteiger partial charge in [0.25, 0.3) is 5.82 Å². The Morgan fingerprint density at radius 2 is 1.85 bits per heavy atom. The molecule has 166 valence electrons. The van der Waals surface area contributed by atoms with Gasteiger partial charge in [0.15, 0.2) is 5.52 Å². The van der Waals surface area contributed by atoms with E-state index in [0.29, 0.717) is 21.9 Å². The first-order valence-corrected chi connectivity index (χ1v) is 12.1. The lowest BCUT2D eigenvalue weighted by atomic mass is 10.1. The monoisotopic (exact) mass is 479 g/mol. The van der Waals surface area contributed by atoms with Gasteiger partial charge in [-0.2, -0.15) is 0 Å². The number of nitrogens with zero attached hydrogens (tertiary/aromatic N) is 5. The highest BCUT2D eigenvalue weighted by molar-refractivity contribution is 7.85. The molecule has 2 heterocycles. The van der Waals surface area contributed by atoms with E-state index in [2.05, 4.69) is 15.2 Å². The van der Waals surface area contributed by atoms with Crippen LogP contribution in [0.15, 0.2) is 71.6 Å². The minimum absolute atomic E-state index is 0.0384. The number of fused-ring (bicyclic) bond motifs is 1. The summed E-state index contributed by atoms with van der Waals surface area (Å²) in [5, 5.41) is 19.4. The van der Waals surface area contributed by atoms with Crippen LogP contribution in [0.4, 0.5) is 0 Å². The van der Waals surface area contributed by atoms with Gasteiger partial charge in [-0.15, -0.1) is 0 Å². The van der Waals surface area contributed by atoms with Crippen LogP contribution in [0.3, 0.4) is 0 Å². The molecule has 5 aromatic rings. The van der Waals surface area contributed by atoms with E-state index in [9.17, 15) is 18.1 Å². The van der Waals surface area contributed by atoms with Gasteiger partial charge in [-0.3, -0.25) is 0 Å². The number of rotatable bonds is 5. The molecule has 0 unspecified atom stereocenters. The zero-order chi connectivity index (χ0) is 23.2. The Bertz CT molecular complexity index is 1580. The van der Waals surface area contributed by atoms with Crippen LogP contribution in [0, 0.1) is 6.92 Å². The molecule has 1 N–H and O–H groups in total. The van der Waals surface area contributed by atoms with Gasteiger partial charge in [-0.25, -0.2) is 8.42 Å². The second kappa shape index (κ2) is 8.12. The molecule has 0 amide bonds. The third-order valence-electron chi connectivity index (χ3n) is 5.04. The average molecular weight is 480 g/mol. The molecule has 0 aliphatic heterocycles. The summed E-state index contributed by atoms with van der Waals surface area (Å²) < 4.78 is 36.8. The molecule has 3 aromatic carbocycles. The Balaban J connectivity index is 1.80. The van der Waals surface area contributed by atoms with E-state index in [4.69, 9.17) is 0 Å². The van der Waals surface area contributed by atoms with Crippen molar-refractivity contribution in [3.63, 3.8) is 0 Å². The van der Waals surface area contributed by atoms with Crippen molar-refractivity contribution in [3.05, 3.63) is 77.9 Å². The van der Waals surface area contributed by atoms with Crippen molar-refractivity contribution in [2.75, 3.05) is 0 Å². The number of tetrazole rings is 1. The first-order chi connectivity index (χ1) is 15.8. The Morgan fingerprint density at radius 1 is 1.09 bits per heavy atom. The van der Waals surface area contributed by atoms with Crippen LogP contribution in [0.1, 0.15) is 11.1 Å². The molecule has 0 spiro atoms. The Hall–Kier alpha value is -3.51. The predicted octanol–water partition coefficient (Wildman–Crippen LogP) is 2.53. The summed E-state index contributed by atoms with van der Waals surface area (Å²) >= 11 is 1.38. The van der Waals surface area contributed by atoms with Gasteiger partial charge in [-0.1, -0.05) is 52.7 Å². The number of benzene rings is 3. The molecule has 9 nitrogen and oxygen atoms in total. The highest BCUT2D eigenvalue weighted by Gasteiger charge is 2.27. The third-order valence-corrected chi connectivity index (χ3v) is 6.92. The highest BCUT2D eigenvalue weighted by Crippen LogP contribution is 2.27. The molecule has 0 atom stereocenters. The molecule has 0 fully saturated rings. The van der Waals surface area contributed by atoms with Crippen molar-refractivity contribution < 1.29 is 22.9 Å². The van der Waals surface area contributed by atoms with E-state index in [1.165, 1.54) is 33.1 Å². The maximum Gasteiger partial charge on any atom is 0.365 e. The van der Waals surface area contributed by atoms with Crippen molar-refractivity contribution in [3.8, 4) is 22.2 Å². The minimum atomic E-state index is -4.77. The molecule has 0 aliphatic rings. The average Bonchev–Trinajstić information content (AvgIpc) is 3.43. The summed E-state index contributed by atoms with van der Waals surface area (Å²) in [6.45, 7) is 1.46. The van der Waals surface area contributed by atoms with Crippen molar-refractivity contribution >= 4 is 31.7 Å². The quantitative estimate of drug-likeness (QED) is 0.303. The molecule has 33 heavy (non-hydrogen) atoms. The number of thiazole rings is 1. The Kier molecular flexibility index (Phi) is 5.25. The Labute approximate surface area is 192 Å². The molecule has 0 saturated carbocycles.